The third-order valence-corrected chi connectivity index (χ3v) is 3.24. The second-order valence-corrected chi connectivity index (χ2v) is 3.66. The van der Waals surface area contributed by atoms with Crippen LogP contribution in [0.3, 0.4) is 0 Å². The molecule has 0 saturated carbocycles. The molecule has 0 aliphatic carbocycles. The van der Waals surface area contributed by atoms with Gasteiger partial charge in [0.1, 0.15) is 0 Å². The van der Waals surface area contributed by atoms with Gasteiger partial charge in [0.25, 0.3) is 0 Å². The van der Waals surface area contributed by atoms with E-state index in [1.54, 1.807) is 0 Å². The Hall–Kier alpha value is -0.0800. The van der Waals surface area contributed by atoms with E-state index in [4.69, 9.17) is 0 Å². The van der Waals surface area contributed by atoms with Gasteiger partial charge in [-0.1, -0.05) is 0 Å². The van der Waals surface area contributed by atoms with Crippen LogP contribution in [0.25, 0.3) is 0 Å². The molecule has 0 amide bonds. The van der Waals surface area contributed by atoms with Gasteiger partial charge >= 0.3 is 0 Å². The zero-order valence-corrected chi connectivity index (χ0v) is 6.80. The zero-order chi connectivity index (χ0) is 7.14. The van der Waals surface area contributed by atoms with Gasteiger partial charge < -0.3 is 5.32 Å². The van der Waals surface area contributed by atoms with E-state index in [0.29, 0.717) is 6.17 Å². The molecule has 2 aliphatic heterocycles. The Morgan fingerprint density at radius 2 is 2.30 bits per heavy atom. The van der Waals surface area contributed by atoms with Gasteiger partial charge in [-0.15, -0.1) is 0 Å². The molecule has 10 heavy (non-hydrogen) atoms. The number of piperidine rings is 1. The van der Waals surface area contributed by atoms with E-state index >= 15 is 0 Å². The summed E-state index contributed by atoms with van der Waals surface area (Å²) in [4.78, 5) is 2.47. The van der Waals surface area contributed by atoms with Crippen LogP contribution >= 0.6 is 0 Å². The zero-order valence-electron chi connectivity index (χ0n) is 6.80. The van der Waals surface area contributed by atoms with Gasteiger partial charge in [0.05, 0.1) is 6.17 Å². The second kappa shape index (κ2) is 2.21. The average Bonchev–Trinajstić information content (AvgIpc) is 2.17. The Labute approximate surface area is 62.6 Å². The molecule has 0 spiro atoms. The number of rotatable bonds is 0. The molecule has 2 saturated heterocycles. The normalized spacial score (nSPS) is 48.0. The second-order valence-electron chi connectivity index (χ2n) is 3.66. The van der Waals surface area contributed by atoms with Crippen molar-refractivity contribution < 1.29 is 0 Å². The molecular formula is C8H16N2. The summed E-state index contributed by atoms with van der Waals surface area (Å²) in [6.45, 7) is 3.57. The van der Waals surface area contributed by atoms with Crippen molar-refractivity contribution in [1.29, 1.82) is 0 Å². The molecule has 0 aromatic rings. The lowest BCUT2D eigenvalue weighted by Gasteiger charge is -2.22. The first-order chi connectivity index (χ1) is 4.79. The fourth-order valence-electron chi connectivity index (χ4n) is 2.29. The van der Waals surface area contributed by atoms with Gasteiger partial charge in [0.2, 0.25) is 0 Å². The number of nitrogens with one attached hydrogen (secondary N) is 1. The molecule has 2 heterocycles. The SMILES string of the molecule is CC1C2CCNC(C2)N1C. The van der Waals surface area contributed by atoms with Crippen LogP contribution in [0.15, 0.2) is 0 Å². The highest BCUT2D eigenvalue weighted by molar-refractivity contribution is 4.92. The lowest BCUT2D eigenvalue weighted by atomic mass is 9.95. The van der Waals surface area contributed by atoms with E-state index in [1.807, 2.05) is 0 Å². The van der Waals surface area contributed by atoms with Crippen LogP contribution < -0.4 is 5.32 Å². The van der Waals surface area contributed by atoms with Crippen molar-refractivity contribution in [3.63, 3.8) is 0 Å². The molecule has 3 unspecified atom stereocenters. The fourth-order valence-corrected chi connectivity index (χ4v) is 2.29. The van der Waals surface area contributed by atoms with Crippen molar-refractivity contribution in [2.75, 3.05) is 13.6 Å². The number of hydrogen-bond donors (Lipinski definition) is 1. The number of likely N-dealkylation sites (tertiary alicyclic amines) is 1. The minimum atomic E-state index is 0.689. The van der Waals surface area contributed by atoms with E-state index in [0.717, 1.165) is 12.0 Å². The lowest BCUT2D eigenvalue weighted by Crippen LogP contribution is -2.40. The summed E-state index contributed by atoms with van der Waals surface area (Å²) in [5.74, 6) is 0.969. The molecule has 2 fully saturated rings. The summed E-state index contributed by atoms with van der Waals surface area (Å²) in [5, 5.41) is 3.52. The average molecular weight is 140 g/mol. The van der Waals surface area contributed by atoms with Gasteiger partial charge in [0, 0.05) is 6.04 Å². The Morgan fingerprint density at radius 1 is 1.50 bits per heavy atom. The van der Waals surface area contributed by atoms with Crippen LogP contribution in [0.4, 0.5) is 0 Å². The van der Waals surface area contributed by atoms with E-state index in [9.17, 15) is 0 Å². The third kappa shape index (κ3) is 0.789. The molecule has 0 aromatic carbocycles. The Kier molecular flexibility index (Phi) is 1.46. The van der Waals surface area contributed by atoms with Crippen molar-refractivity contribution in [2.24, 2.45) is 5.92 Å². The molecule has 2 bridgehead atoms. The topological polar surface area (TPSA) is 15.3 Å². The van der Waals surface area contributed by atoms with E-state index in [1.165, 1.54) is 19.4 Å². The first-order valence-corrected chi connectivity index (χ1v) is 4.24. The summed E-state index contributed by atoms with van der Waals surface area (Å²) in [7, 11) is 2.23. The molecule has 2 aliphatic rings. The smallest absolute Gasteiger partial charge is 0.0600 e. The quantitative estimate of drug-likeness (QED) is 0.531. The molecule has 2 nitrogen and oxygen atoms in total. The first-order valence-electron chi connectivity index (χ1n) is 4.24. The maximum absolute atomic E-state index is 3.52. The van der Waals surface area contributed by atoms with Gasteiger partial charge in [0.15, 0.2) is 0 Å². The predicted octanol–water partition coefficient (Wildman–Crippen LogP) is 0.646. The van der Waals surface area contributed by atoms with Crippen molar-refractivity contribution in [1.82, 2.24) is 10.2 Å². The Balaban J connectivity index is 2.13. The van der Waals surface area contributed by atoms with E-state index in [2.05, 4.69) is 24.2 Å². The Bertz CT molecular complexity index is 117. The lowest BCUT2D eigenvalue weighted by molar-refractivity contribution is 0.228. The van der Waals surface area contributed by atoms with Crippen molar-refractivity contribution in [2.45, 2.75) is 32.0 Å². The van der Waals surface area contributed by atoms with Crippen molar-refractivity contribution in [3.8, 4) is 0 Å². The first kappa shape index (κ1) is 6.62. The molecule has 0 aromatic heterocycles. The standard InChI is InChI=1S/C8H16N2/c1-6-7-3-4-9-8(5-7)10(6)2/h6-9H,3-5H2,1-2H3. The summed E-state index contributed by atoms with van der Waals surface area (Å²) < 4.78 is 0. The van der Waals surface area contributed by atoms with Crippen LogP contribution in [-0.2, 0) is 0 Å². The van der Waals surface area contributed by atoms with Crippen molar-refractivity contribution in [3.05, 3.63) is 0 Å². The maximum atomic E-state index is 3.52. The summed E-state index contributed by atoms with van der Waals surface area (Å²) >= 11 is 0. The molecule has 3 atom stereocenters. The van der Waals surface area contributed by atoms with Crippen LogP contribution in [0.2, 0.25) is 0 Å². The van der Waals surface area contributed by atoms with E-state index < -0.39 is 0 Å². The largest absolute Gasteiger partial charge is 0.302 e. The van der Waals surface area contributed by atoms with Gasteiger partial charge in [-0.2, -0.15) is 0 Å². The molecule has 58 valence electrons. The molecule has 1 N–H and O–H groups in total. The monoisotopic (exact) mass is 140 g/mol. The van der Waals surface area contributed by atoms with Crippen LogP contribution in [0, 0.1) is 5.92 Å². The highest BCUT2D eigenvalue weighted by atomic mass is 15.3. The van der Waals surface area contributed by atoms with Crippen LogP contribution in [-0.4, -0.2) is 30.7 Å². The fraction of sp³-hybridized carbons (Fsp3) is 1.00. The minimum absolute atomic E-state index is 0.689. The van der Waals surface area contributed by atoms with Crippen molar-refractivity contribution >= 4 is 0 Å². The summed E-state index contributed by atoms with van der Waals surface area (Å²) in [6.07, 6.45) is 3.44. The van der Waals surface area contributed by atoms with Gasteiger partial charge in [-0.25, -0.2) is 0 Å². The maximum Gasteiger partial charge on any atom is 0.0600 e. The number of hydrogen-bond acceptors (Lipinski definition) is 2. The summed E-state index contributed by atoms with van der Waals surface area (Å²) in [6, 6.07) is 0.806. The molecule has 2 rings (SSSR count). The number of fused-ring (bicyclic) bond motifs is 2. The predicted molar refractivity (Wildman–Crippen MR) is 41.7 cm³/mol. The number of nitrogens with zero attached hydrogens (tertiary/aromatic N) is 1. The highest BCUT2D eigenvalue weighted by Gasteiger charge is 2.38. The van der Waals surface area contributed by atoms with Crippen LogP contribution in [0.1, 0.15) is 19.8 Å². The molecule has 2 heteroatoms. The van der Waals surface area contributed by atoms with Crippen LogP contribution in [0.5, 0.6) is 0 Å². The third-order valence-electron chi connectivity index (χ3n) is 3.24. The summed E-state index contributed by atoms with van der Waals surface area (Å²) in [5.41, 5.74) is 0. The molecule has 0 radical (unpaired) electrons. The minimum Gasteiger partial charge on any atom is -0.302 e. The highest BCUT2D eigenvalue weighted by Crippen LogP contribution is 2.31. The molecular weight excluding hydrogens is 124 g/mol. The van der Waals surface area contributed by atoms with E-state index in [-0.39, 0.29) is 0 Å². The Morgan fingerprint density at radius 3 is 2.90 bits per heavy atom. The van der Waals surface area contributed by atoms with Gasteiger partial charge in [-0.3, -0.25) is 4.90 Å². The van der Waals surface area contributed by atoms with Gasteiger partial charge in [-0.05, 0) is 39.3 Å².